The zero-order chi connectivity index (χ0) is 14.6. The first-order valence-corrected chi connectivity index (χ1v) is 6.97. The molecule has 0 spiro atoms. The maximum atomic E-state index is 12.1. The average Bonchev–Trinajstić information content (AvgIpc) is 2.40. The predicted molar refractivity (Wildman–Crippen MR) is 71.4 cm³/mol. The van der Waals surface area contributed by atoms with Crippen LogP contribution < -0.4 is 10.5 Å². The molecule has 0 aromatic heterocycles. The summed E-state index contributed by atoms with van der Waals surface area (Å²) in [5.41, 5.74) is 7.06. The van der Waals surface area contributed by atoms with Gasteiger partial charge in [0.25, 0.3) is 0 Å². The molecule has 5 heteroatoms. The molecule has 0 unspecified atom stereocenters. The fourth-order valence-corrected chi connectivity index (χ4v) is 3.00. The molecule has 2 N–H and O–H groups in total. The number of ether oxygens (including phenoxy) is 1. The predicted octanol–water partition coefficient (Wildman–Crippen LogP) is 4.04. The number of rotatable bonds is 4. The Labute approximate surface area is 117 Å². The fraction of sp³-hybridized carbons (Fsp3) is 0.600. The Morgan fingerprint density at radius 2 is 1.65 bits per heavy atom. The summed E-state index contributed by atoms with van der Waals surface area (Å²) in [5, 5.41) is 0. The maximum absolute atomic E-state index is 12.1. The van der Waals surface area contributed by atoms with Crippen LogP contribution in [0.1, 0.15) is 37.7 Å². The topological polar surface area (TPSA) is 35.2 Å². The highest BCUT2D eigenvalue weighted by atomic mass is 19.4. The Morgan fingerprint density at radius 1 is 1.05 bits per heavy atom. The van der Waals surface area contributed by atoms with Crippen LogP contribution in [-0.4, -0.2) is 12.9 Å². The van der Waals surface area contributed by atoms with Crippen molar-refractivity contribution in [3.8, 4) is 5.75 Å². The molecule has 2 nitrogen and oxygen atoms in total. The molecule has 112 valence electrons. The van der Waals surface area contributed by atoms with Gasteiger partial charge in [0.05, 0.1) is 0 Å². The Morgan fingerprint density at radius 3 is 2.15 bits per heavy atom. The van der Waals surface area contributed by atoms with Crippen molar-refractivity contribution >= 4 is 0 Å². The second kappa shape index (κ2) is 6.04. The van der Waals surface area contributed by atoms with E-state index in [0.717, 1.165) is 24.8 Å². The van der Waals surface area contributed by atoms with Crippen molar-refractivity contribution in [2.24, 2.45) is 11.1 Å². The van der Waals surface area contributed by atoms with E-state index < -0.39 is 6.36 Å². The van der Waals surface area contributed by atoms with Gasteiger partial charge in [-0.2, -0.15) is 0 Å². The fourth-order valence-electron chi connectivity index (χ4n) is 3.00. The molecule has 1 aliphatic rings. The van der Waals surface area contributed by atoms with E-state index in [9.17, 15) is 13.2 Å². The largest absolute Gasteiger partial charge is 0.573 e. The lowest BCUT2D eigenvalue weighted by Crippen LogP contribution is -2.34. The Hall–Kier alpha value is -1.23. The van der Waals surface area contributed by atoms with E-state index >= 15 is 0 Å². The lowest BCUT2D eigenvalue weighted by atomic mass is 9.70. The quantitative estimate of drug-likeness (QED) is 0.907. The molecule has 0 aliphatic heterocycles. The van der Waals surface area contributed by atoms with E-state index in [1.807, 2.05) is 0 Å². The zero-order valence-electron chi connectivity index (χ0n) is 11.4. The number of alkyl halides is 3. The van der Waals surface area contributed by atoms with Gasteiger partial charge in [0.1, 0.15) is 5.75 Å². The lowest BCUT2D eigenvalue weighted by Gasteiger charge is -2.36. The van der Waals surface area contributed by atoms with Crippen LogP contribution in [0.2, 0.25) is 0 Å². The van der Waals surface area contributed by atoms with Crippen molar-refractivity contribution in [3.63, 3.8) is 0 Å². The number of nitrogens with two attached hydrogens (primary N) is 1. The average molecular weight is 287 g/mol. The Kier molecular flexibility index (Phi) is 4.58. The van der Waals surface area contributed by atoms with Gasteiger partial charge in [-0.1, -0.05) is 31.4 Å². The van der Waals surface area contributed by atoms with Crippen LogP contribution in [0.3, 0.4) is 0 Å². The van der Waals surface area contributed by atoms with Gasteiger partial charge in [0.2, 0.25) is 0 Å². The van der Waals surface area contributed by atoms with Gasteiger partial charge in [0.15, 0.2) is 0 Å². The van der Waals surface area contributed by atoms with Crippen molar-refractivity contribution < 1.29 is 17.9 Å². The Bertz CT molecular complexity index is 422. The molecule has 0 heterocycles. The van der Waals surface area contributed by atoms with E-state index in [-0.39, 0.29) is 11.2 Å². The third kappa shape index (κ3) is 4.13. The molecule has 0 radical (unpaired) electrons. The van der Waals surface area contributed by atoms with Gasteiger partial charge < -0.3 is 10.5 Å². The molecule has 1 aliphatic carbocycles. The third-order valence-electron chi connectivity index (χ3n) is 4.08. The SMILES string of the molecule is NCC1(Cc2ccc(OC(F)(F)F)cc2)CCCCC1. The summed E-state index contributed by atoms with van der Waals surface area (Å²) < 4.78 is 40.1. The molecule has 0 amide bonds. The standard InChI is InChI=1S/C15H20F3NO/c16-15(17,18)20-13-6-4-12(5-7-13)10-14(11-19)8-2-1-3-9-14/h4-7H,1-3,8-11,19H2. The minimum absolute atomic E-state index is 0.116. The first kappa shape index (κ1) is 15.2. The zero-order valence-corrected chi connectivity index (χ0v) is 11.4. The van der Waals surface area contributed by atoms with E-state index in [1.54, 1.807) is 12.1 Å². The first-order chi connectivity index (χ1) is 9.42. The van der Waals surface area contributed by atoms with Gasteiger partial charge in [-0.15, -0.1) is 13.2 Å². The summed E-state index contributed by atoms with van der Waals surface area (Å²) in [6.45, 7) is 0.633. The number of benzene rings is 1. The van der Waals surface area contributed by atoms with Crippen molar-refractivity contribution in [1.82, 2.24) is 0 Å². The molecular weight excluding hydrogens is 267 g/mol. The number of hydrogen-bond acceptors (Lipinski definition) is 2. The first-order valence-electron chi connectivity index (χ1n) is 6.97. The second-order valence-electron chi connectivity index (χ2n) is 5.63. The molecule has 1 fully saturated rings. The van der Waals surface area contributed by atoms with Crippen LogP contribution in [0.25, 0.3) is 0 Å². The van der Waals surface area contributed by atoms with Gasteiger partial charge >= 0.3 is 6.36 Å². The molecule has 0 atom stereocenters. The third-order valence-corrected chi connectivity index (χ3v) is 4.08. The van der Waals surface area contributed by atoms with Crippen molar-refractivity contribution in [2.75, 3.05) is 6.54 Å². The highest BCUT2D eigenvalue weighted by Crippen LogP contribution is 2.38. The monoisotopic (exact) mass is 287 g/mol. The summed E-state index contributed by atoms with van der Waals surface area (Å²) >= 11 is 0. The summed E-state index contributed by atoms with van der Waals surface area (Å²) in [5.74, 6) is -0.174. The van der Waals surface area contributed by atoms with Gasteiger partial charge in [-0.05, 0) is 48.9 Å². The van der Waals surface area contributed by atoms with Crippen molar-refractivity contribution in [3.05, 3.63) is 29.8 Å². The number of hydrogen-bond donors (Lipinski definition) is 1. The Balaban J connectivity index is 2.02. The molecule has 2 rings (SSSR count). The molecule has 1 saturated carbocycles. The summed E-state index contributed by atoms with van der Waals surface area (Å²) in [6, 6.07) is 6.14. The maximum Gasteiger partial charge on any atom is 0.573 e. The molecular formula is C15H20F3NO. The van der Waals surface area contributed by atoms with E-state index in [0.29, 0.717) is 6.54 Å². The van der Waals surface area contributed by atoms with Crippen LogP contribution in [0.15, 0.2) is 24.3 Å². The second-order valence-corrected chi connectivity index (χ2v) is 5.63. The summed E-state index contributed by atoms with van der Waals surface area (Å²) in [7, 11) is 0. The van der Waals surface area contributed by atoms with Gasteiger partial charge in [0, 0.05) is 0 Å². The summed E-state index contributed by atoms with van der Waals surface area (Å²) in [4.78, 5) is 0. The molecule has 0 bridgehead atoms. The van der Waals surface area contributed by atoms with E-state index in [2.05, 4.69) is 4.74 Å². The minimum Gasteiger partial charge on any atom is -0.406 e. The molecule has 1 aromatic rings. The van der Waals surface area contributed by atoms with Crippen LogP contribution >= 0.6 is 0 Å². The van der Waals surface area contributed by atoms with Crippen molar-refractivity contribution in [1.29, 1.82) is 0 Å². The van der Waals surface area contributed by atoms with Crippen LogP contribution in [-0.2, 0) is 6.42 Å². The van der Waals surface area contributed by atoms with Crippen molar-refractivity contribution in [2.45, 2.75) is 44.9 Å². The number of halogens is 3. The minimum atomic E-state index is -4.64. The molecule has 1 aromatic carbocycles. The molecule has 20 heavy (non-hydrogen) atoms. The highest BCUT2D eigenvalue weighted by Gasteiger charge is 2.32. The van der Waals surface area contributed by atoms with Gasteiger partial charge in [-0.3, -0.25) is 0 Å². The van der Waals surface area contributed by atoms with E-state index in [4.69, 9.17) is 5.73 Å². The van der Waals surface area contributed by atoms with E-state index in [1.165, 1.54) is 31.4 Å². The lowest BCUT2D eigenvalue weighted by molar-refractivity contribution is -0.274. The van der Waals surface area contributed by atoms with Crippen LogP contribution in [0.5, 0.6) is 5.75 Å². The van der Waals surface area contributed by atoms with Crippen LogP contribution in [0.4, 0.5) is 13.2 Å². The summed E-state index contributed by atoms with van der Waals surface area (Å²) in [6.07, 6.45) is 2.02. The van der Waals surface area contributed by atoms with Gasteiger partial charge in [-0.25, -0.2) is 0 Å². The highest BCUT2D eigenvalue weighted by molar-refractivity contribution is 5.28. The normalized spacial score (nSPS) is 18.8. The smallest absolute Gasteiger partial charge is 0.406 e. The molecule has 0 saturated heterocycles. The van der Waals surface area contributed by atoms with Crippen LogP contribution in [0, 0.1) is 5.41 Å².